The third-order valence-corrected chi connectivity index (χ3v) is 11.9. The second-order valence-corrected chi connectivity index (χ2v) is 15.5. The molecule has 8 aromatic carbocycles. The van der Waals surface area contributed by atoms with Crippen molar-refractivity contribution in [2.75, 3.05) is 0 Å². The van der Waals surface area contributed by atoms with Crippen LogP contribution in [0.5, 0.6) is 0 Å². The molecule has 0 saturated carbocycles. The van der Waals surface area contributed by atoms with E-state index in [1.807, 2.05) is 115 Å². The van der Waals surface area contributed by atoms with Crippen LogP contribution in [0.2, 0.25) is 0 Å². The number of hydrogen-bond donors (Lipinski definition) is 0. The van der Waals surface area contributed by atoms with E-state index >= 15 is 0 Å². The first-order valence-corrected chi connectivity index (χ1v) is 20.8. The van der Waals surface area contributed by atoms with E-state index in [-0.39, 0.29) is 0 Å². The lowest BCUT2D eigenvalue weighted by atomic mass is 10.1. The van der Waals surface area contributed by atoms with Gasteiger partial charge in [0, 0.05) is 49.2 Å². The number of hydrogen-bond acceptors (Lipinski definition) is 7. The Bertz CT molecular complexity index is 3850. The molecule has 13 rings (SSSR count). The monoisotopic (exact) mass is 808 g/mol. The highest BCUT2D eigenvalue weighted by atomic mass is 16.3. The summed E-state index contributed by atoms with van der Waals surface area (Å²) in [5.41, 5.74) is 9.07. The predicted octanol–water partition coefficient (Wildman–Crippen LogP) is 12.8. The SMILES string of the molecule is c1ccc(-c2nc(-c3ccccc3)nc(-n3c4ccccc4c4cc(-c5nc(-c6ccccc6)nc(-n6c7ccccc7c7c8oc9ccccc9c8ccc76)n5)ccc43)n2)cc1. The van der Waals surface area contributed by atoms with Gasteiger partial charge in [-0.2, -0.15) is 19.9 Å². The third kappa shape index (κ3) is 5.57. The van der Waals surface area contributed by atoms with Gasteiger partial charge >= 0.3 is 0 Å². The van der Waals surface area contributed by atoms with Crippen molar-refractivity contribution in [3.8, 4) is 57.4 Å². The average molecular weight is 809 g/mol. The molecule has 0 aliphatic heterocycles. The second kappa shape index (κ2) is 13.9. The van der Waals surface area contributed by atoms with Crippen LogP contribution in [0, 0.1) is 0 Å². The number of nitrogens with zero attached hydrogens (tertiary/aromatic N) is 8. The fraction of sp³-hybridized carbons (Fsp3) is 0. The van der Waals surface area contributed by atoms with Crippen LogP contribution >= 0.6 is 0 Å². The molecule has 63 heavy (non-hydrogen) atoms. The van der Waals surface area contributed by atoms with E-state index in [2.05, 4.69) is 88.0 Å². The summed E-state index contributed by atoms with van der Waals surface area (Å²) in [6, 6.07) is 65.7. The van der Waals surface area contributed by atoms with Gasteiger partial charge in [0.2, 0.25) is 11.9 Å². The van der Waals surface area contributed by atoms with Crippen molar-refractivity contribution in [3.05, 3.63) is 194 Å². The summed E-state index contributed by atoms with van der Waals surface area (Å²) in [5.74, 6) is 3.35. The fourth-order valence-electron chi connectivity index (χ4n) is 8.99. The van der Waals surface area contributed by atoms with Crippen LogP contribution in [-0.2, 0) is 0 Å². The first-order chi connectivity index (χ1) is 31.2. The lowest BCUT2D eigenvalue weighted by Crippen LogP contribution is -2.07. The molecule has 0 unspecified atom stereocenters. The highest BCUT2D eigenvalue weighted by molar-refractivity contribution is 6.23. The highest BCUT2D eigenvalue weighted by Crippen LogP contribution is 2.41. The molecule has 5 heterocycles. The third-order valence-electron chi connectivity index (χ3n) is 11.9. The molecular formula is C54H32N8O. The predicted molar refractivity (Wildman–Crippen MR) is 251 cm³/mol. The van der Waals surface area contributed by atoms with Gasteiger partial charge in [-0.1, -0.05) is 146 Å². The van der Waals surface area contributed by atoms with Gasteiger partial charge < -0.3 is 4.42 Å². The van der Waals surface area contributed by atoms with Crippen molar-refractivity contribution < 1.29 is 4.42 Å². The molecule has 5 aromatic heterocycles. The minimum Gasteiger partial charge on any atom is -0.455 e. The van der Waals surface area contributed by atoms with E-state index in [4.69, 9.17) is 34.3 Å². The molecule has 0 spiro atoms. The highest BCUT2D eigenvalue weighted by Gasteiger charge is 2.23. The Morgan fingerprint density at radius 2 is 0.746 bits per heavy atom. The molecule has 0 saturated heterocycles. The van der Waals surface area contributed by atoms with Gasteiger partial charge in [-0.3, -0.25) is 9.13 Å². The zero-order chi connectivity index (χ0) is 41.4. The van der Waals surface area contributed by atoms with Crippen molar-refractivity contribution in [2.45, 2.75) is 0 Å². The maximum Gasteiger partial charge on any atom is 0.238 e. The summed E-state index contributed by atoms with van der Waals surface area (Å²) in [7, 11) is 0. The summed E-state index contributed by atoms with van der Waals surface area (Å²) >= 11 is 0. The number of fused-ring (bicyclic) bond motifs is 10. The zero-order valence-electron chi connectivity index (χ0n) is 33.5. The molecule has 0 atom stereocenters. The molecule has 0 N–H and O–H groups in total. The van der Waals surface area contributed by atoms with Crippen LogP contribution in [0.25, 0.3) is 123 Å². The lowest BCUT2D eigenvalue weighted by Gasteiger charge is -2.12. The molecule has 0 fully saturated rings. The summed E-state index contributed by atoms with van der Waals surface area (Å²) in [6.07, 6.45) is 0. The van der Waals surface area contributed by atoms with Gasteiger partial charge in [0.05, 0.1) is 27.5 Å². The largest absolute Gasteiger partial charge is 0.455 e. The fourth-order valence-corrected chi connectivity index (χ4v) is 8.99. The zero-order valence-corrected chi connectivity index (χ0v) is 33.5. The average Bonchev–Trinajstić information content (AvgIpc) is 4.02. The smallest absolute Gasteiger partial charge is 0.238 e. The van der Waals surface area contributed by atoms with Gasteiger partial charge in [0.25, 0.3) is 0 Å². The van der Waals surface area contributed by atoms with Crippen LogP contribution in [-0.4, -0.2) is 39.0 Å². The van der Waals surface area contributed by atoms with Crippen molar-refractivity contribution in [1.29, 1.82) is 0 Å². The van der Waals surface area contributed by atoms with Gasteiger partial charge in [0.1, 0.15) is 11.2 Å². The molecule has 0 bridgehead atoms. The van der Waals surface area contributed by atoms with Gasteiger partial charge in [0.15, 0.2) is 23.3 Å². The number of para-hydroxylation sites is 3. The summed E-state index contributed by atoms with van der Waals surface area (Å²) in [4.78, 5) is 30.9. The molecule has 0 aliphatic rings. The Kier molecular flexibility index (Phi) is 7.70. The van der Waals surface area contributed by atoms with E-state index < -0.39 is 0 Å². The summed E-state index contributed by atoms with van der Waals surface area (Å²) < 4.78 is 10.9. The van der Waals surface area contributed by atoms with E-state index in [0.29, 0.717) is 35.2 Å². The molecule has 0 radical (unpaired) electrons. The molecule has 13 aromatic rings. The minimum absolute atomic E-state index is 0.509. The molecule has 294 valence electrons. The molecule has 0 aliphatic carbocycles. The Morgan fingerprint density at radius 3 is 1.35 bits per heavy atom. The van der Waals surface area contributed by atoms with Crippen LogP contribution in [0.4, 0.5) is 0 Å². The van der Waals surface area contributed by atoms with Crippen molar-refractivity contribution in [3.63, 3.8) is 0 Å². The Labute approximate surface area is 359 Å². The van der Waals surface area contributed by atoms with Gasteiger partial charge in [-0.25, -0.2) is 9.97 Å². The van der Waals surface area contributed by atoms with Crippen molar-refractivity contribution in [2.24, 2.45) is 0 Å². The number of aromatic nitrogens is 8. The molecule has 9 heteroatoms. The van der Waals surface area contributed by atoms with Gasteiger partial charge in [-0.15, -0.1) is 0 Å². The number of benzene rings is 8. The van der Waals surface area contributed by atoms with E-state index in [9.17, 15) is 0 Å². The van der Waals surface area contributed by atoms with Crippen molar-refractivity contribution in [1.82, 2.24) is 39.0 Å². The molecule has 9 nitrogen and oxygen atoms in total. The number of furan rings is 1. The molecular weight excluding hydrogens is 777 g/mol. The van der Waals surface area contributed by atoms with E-state index in [1.165, 1.54) is 0 Å². The first kappa shape index (κ1) is 35.0. The minimum atomic E-state index is 0.509. The Balaban J connectivity index is 1.04. The van der Waals surface area contributed by atoms with Crippen LogP contribution < -0.4 is 0 Å². The standard InChI is InChI=1S/C54H32N8O/c1-4-16-33(17-5-1)49-55-50(34-18-6-2-7-19-34)58-53(57-49)61-42-25-13-10-22-37(42)41-32-36(28-30-44(41)61)52-56-51(35-20-8-3-9-21-35)59-54(60-52)62-43-26-14-11-24-40(43)47-45(62)31-29-39-38-23-12-15-27-46(38)63-48(39)47/h1-32H. The Hall–Kier alpha value is -8.82. The summed E-state index contributed by atoms with van der Waals surface area (Å²) in [6.45, 7) is 0. The lowest BCUT2D eigenvalue weighted by molar-refractivity contribution is 0.673. The van der Waals surface area contributed by atoms with Crippen LogP contribution in [0.3, 0.4) is 0 Å². The topological polar surface area (TPSA) is 100 Å². The van der Waals surface area contributed by atoms with Crippen LogP contribution in [0.15, 0.2) is 199 Å². The van der Waals surface area contributed by atoms with E-state index in [1.54, 1.807) is 0 Å². The van der Waals surface area contributed by atoms with Gasteiger partial charge in [-0.05, 0) is 48.5 Å². The maximum absolute atomic E-state index is 6.60. The van der Waals surface area contributed by atoms with E-state index in [0.717, 1.165) is 87.8 Å². The second-order valence-electron chi connectivity index (χ2n) is 15.5. The quantitative estimate of drug-likeness (QED) is 0.165. The maximum atomic E-state index is 6.60. The summed E-state index contributed by atoms with van der Waals surface area (Å²) in [5, 5.41) is 6.28. The first-order valence-electron chi connectivity index (χ1n) is 20.8. The van der Waals surface area contributed by atoms with Crippen molar-refractivity contribution >= 4 is 65.6 Å². The number of rotatable bonds is 6. The Morgan fingerprint density at radius 1 is 0.302 bits per heavy atom. The molecule has 0 amide bonds. The normalized spacial score (nSPS) is 11.8. The van der Waals surface area contributed by atoms with Crippen LogP contribution in [0.1, 0.15) is 0 Å².